The van der Waals surface area contributed by atoms with E-state index < -0.39 is 0 Å². The minimum Gasteiger partial charge on any atom is -0.267 e. The molecule has 0 unspecified atom stereocenters. The largest absolute Gasteiger partial charge is 0.280 e. The van der Waals surface area contributed by atoms with E-state index in [1.54, 1.807) is 0 Å². The highest BCUT2D eigenvalue weighted by molar-refractivity contribution is 14.1. The van der Waals surface area contributed by atoms with Crippen molar-refractivity contribution in [3.8, 4) is 0 Å². The van der Waals surface area contributed by atoms with E-state index in [9.17, 15) is 4.79 Å². The summed E-state index contributed by atoms with van der Waals surface area (Å²) < 4.78 is 1.17. The molecule has 0 saturated carbocycles. The SMILES string of the molecule is CC1=NN(c2ccccc2)C(=O)/C1=C/c1ccc(I)cc1. The fourth-order valence-corrected chi connectivity index (χ4v) is 2.51. The Bertz CT molecular complexity index is 733. The molecule has 0 fully saturated rings. The first kappa shape index (κ1) is 14.0. The molecular formula is C17H13IN2O. The van der Waals surface area contributed by atoms with Gasteiger partial charge in [0.25, 0.3) is 5.91 Å². The third-order valence-corrected chi connectivity index (χ3v) is 3.96. The zero-order valence-electron chi connectivity index (χ0n) is 11.5. The van der Waals surface area contributed by atoms with Crippen LogP contribution < -0.4 is 5.01 Å². The monoisotopic (exact) mass is 388 g/mol. The standard InChI is InChI=1S/C17H13IN2O/c1-12-16(11-13-7-9-14(18)10-8-13)17(21)20(19-12)15-5-3-2-4-6-15/h2-11H,1H3/b16-11+. The minimum atomic E-state index is -0.0859. The number of halogens is 1. The number of amides is 1. The minimum absolute atomic E-state index is 0.0859. The Morgan fingerprint density at radius 3 is 2.38 bits per heavy atom. The first-order valence-electron chi connectivity index (χ1n) is 6.57. The molecule has 3 nitrogen and oxygen atoms in total. The normalized spacial score (nSPS) is 16.5. The van der Waals surface area contributed by atoms with E-state index in [1.165, 1.54) is 8.58 Å². The van der Waals surface area contributed by atoms with Crippen LogP contribution in [0.4, 0.5) is 5.69 Å². The Labute approximate surface area is 137 Å². The van der Waals surface area contributed by atoms with E-state index in [4.69, 9.17) is 0 Å². The molecule has 4 heteroatoms. The van der Waals surface area contributed by atoms with Crippen LogP contribution in [0.25, 0.3) is 6.08 Å². The van der Waals surface area contributed by atoms with Crippen LogP contribution in [0.5, 0.6) is 0 Å². The summed E-state index contributed by atoms with van der Waals surface area (Å²) in [6.45, 7) is 1.86. The van der Waals surface area contributed by atoms with Crippen molar-refractivity contribution < 1.29 is 4.79 Å². The molecule has 21 heavy (non-hydrogen) atoms. The van der Waals surface area contributed by atoms with Crippen LogP contribution in [0, 0.1) is 3.57 Å². The quantitative estimate of drug-likeness (QED) is 0.563. The zero-order chi connectivity index (χ0) is 14.8. The molecule has 0 spiro atoms. The summed E-state index contributed by atoms with van der Waals surface area (Å²) in [5.74, 6) is -0.0859. The van der Waals surface area contributed by atoms with Crippen LogP contribution in [-0.2, 0) is 4.79 Å². The number of hydrazone groups is 1. The van der Waals surface area contributed by atoms with E-state index in [1.807, 2.05) is 67.6 Å². The highest BCUT2D eigenvalue weighted by atomic mass is 127. The predicted octanol–water partition coefficient (Wildman–Crippen LogP) is 4.10. The number of para-hydroxylation sites is 1. The fourth-order valence-electron chi connectivity index (χ4n) is 2.15. The lowest BCUT2D eigenvalue weighted by atomic mass is 10.1. The molecule has 2 aromatic carbocycles. The number of rotatable bonds is 2. The lowest BCUT2D eigenvalue weighted by Crippen LogP contribution is -2.21. The molecule has 2 aromatic rings. The summed E-state index contributed by atoms with van der Waals surface area (Å²) in [6, 6.07) is 17.5. The predicted molar refractivity (Wildman–Crippen MR) is 94.2 cm³/mol. The summed E-state index contributed by atoms with van der Waals surface area (Å²) >= 11 is 2.26. The van der Waals surface area contributed by atoms with E-state index in [0.717, 1.165) is 17.0 Å². The van der Waals surface area contributed by atoms with Crippen molar-refractivity contribution in [3.05, 3.63) is 69.3 Å². The Balaban J connectivity index is 1.94. The maximum Gasteiger partial charge on any atom is 0.280 e. The molecular weight excluding hydrogens is 375 g/mol. The molecule has 0 aromatic heterocycles. The van der Waals surface area contributed by atoms with E-state index in [-0.39, 0.29) is 5.91 Å². The van der Waals surface area contributed by atoms with Crippen molar-refractivity contribution in [2.45, 2.75) is 6.92 Å². The van der Waals surface area contributed by atoms with Crippen LogP contribution in [0.2, 0.25) is 0 Å². The second-order valence-electron chi connectivity index (χ2n) is 4.75. The number of nitrogens with zero attached hydrogens (tertiary/aromatic N) is 2. The summed E-state index contributed by atoms with van der Waals surface area (Å²) in [4.78, 5) is 12.5. The van der Waals surface area contributed by atoms with Gasteiger partial charge in [-0.15, -0.1) is 0 Å². The number of carbonyl (C=O) groups is 1. The molecule has 0 aliphatic carbocycles. The van der Waals surface area contributed by atoms with Gasteiger partial charge < -0.3 is 0 Å². The molecule has 104 valence electrons. The van der Waals surface area contributed by atoms with Crippen LogP contribution in [0.3, 0.4) is 0 Å². The molecule has 1 heterocycles. The van der Waals surface area contributed by atoms with E-state index in [2.05, 4.69) is 27.7 Å². The number of anilines is 1. The number of carbonyl (C=O) groups excluding carboxylic acids is 1. The Morgan fingerprint density at radius 1 is 1.05 bits per heavy atom. The van der Waals surface area contributed by atoms with Crippen molar-refractivity contribution in [2.75, 3.05) is 5.01 Å². The molecule has 1 aliphatic heterocycles. The average molecular weight is 388 g/mol. The number of benzene rings is 2. The van der Waals surface area contributed by atoms with Gasteiger partial charge in [-0.3, -0.25) is 4.79 Å². The lowest BCUT2D eigenvalue weighted by molar-refractivity contribution is -0.114. The van der Waals surface area contributed by atoms with Crippen LogP contribution in [-0.4, -0.2) is 11.6 Å². The second kappa shape index (κ2) is 5.81. The first-order chi connectivity index (χ1) is 10.1. The van der Waals surface area contributed by atoms with Crippen molar-refractivity contribution >= 4 is 46.0 Å². The van der Waals surface area contributed by atoms with Gasteiger partial charge in [0, 0.05) is 3.57 Å². The molecule has 0 bridgehead atoms. The average Bonchev–Trinajstić information content (AvgIpc) is 2.78. The van der Waals surface area contributed by atoms with Crippen LogP contribution >= 0.6 is 22.6 Å². The molecule has 0 saturated heterocycles. The maximum absolute atomic E-state index is 12.5. The Hall–Kier alpha value is -1.95. The zero-order valence-corrected chi connectivity index (χ0v) is 13.6. The van der Waals surface area contributed by atoms with Gasteiger partial charge >= 0.3 is 0 Å². The van der Waals surface area contributed by atoms with Gasteiger partial charge in [-0.2, -0.15) is 10.1 Å². The van der Waals surface area contributed by atoms with Crippen molar-refractivity contribution in [1.82, 2.24) is 0 Å². The van der Waals surface area contributed by atoms with Crippen LogP contribution in [0.15, 0.2) is 65.3 Å². The molecule has 0 radical (unpaired) electrons. The molecule has 1 amide bonds. The van der Waals surface area contributed by atoms with Crippen LogP contribution in [0.1, 0.15) is 12.5 Å². The van der Waals surface area contributed by atoms with Gasteiger partial charge in [0.2, 0.25) is 0 Å². The van der Waals surface area contributed by atoms with E-state index >= 15 is 0 Å². The van der Waals surface area contributed by atoms with Gasteiger partial charge in [-0.05, 0) is 65.4 Å². The summed E-state index contributed by atoms with van der Waals surface area (Å²) in [5.41, 5.74) is 3.17. The lowest BCUT2D eigenvalue weighted by Gasteiger charge is -2.10. The number of hydrogen-bond acceptors (Lipinski definition) is 2. The first-order valence-corrected chi connectivity index (χ1v) is 7.65. The van der Waals surface area contributed by atoms with Gasteiger partial charge in [0.05, 0.1) is 17.0 Å². The molecule has 0 N–H and O–H groups in total. The second-order valence-corrected chi connectivity index (χ2v) is 5.99. The highest BCUT2D eigenvalue weighted by Gasteiger charge is 2.28. The Morgan fingerprint density at radius 2 is 1.71 bits per heavy atom. The van der Waals surface area contributed by atoms with Crippen molar-refractivity contribution in [2.24, 2.45) is 5.10 Å². The highest BCUT2D eigenvalue weighted by Crippen LogP contribution is 2.24. The topological polar surface area (TPSA) is 32.7 Å². The summed E-state index contributed by atoms with van der Waals surface area (Å²) in [7, 11) is 0. The third kappa shape index (κ3) is 2.90. The molecule has 1 aliphatic rings. The van der Waals surface area contributed by atoms with Gasteiger partial charge in [0.1, 0.15) is 0 Å². The smallest absolute Gasteiger partial charge is 0.267 e. The third-order valence-electron chi connectivity index (χ3n) is 3.24. The molecule has 3 rings (SSSR count). The summed E-state index contributed by atoms with van der Waals surface area (Å²) in [5, 5.41) is 5.82. The summed E-state index contributed by atoms with van der Waals surface area (Å²) in [6.07, 6.45) is 1.89. The van der Waals surface area contributed by atoms with Crippen molar-refractivity contribution in [1.29, 1.82) is 0 Å². The van der Waals surface area contributed by atoms with Gasteiger partial charge in [0.15, 0.2) is 0 Å². The fraction of sp³-hybridized carbons (Fsp3) is 0.0588. The molecule has 0 atom stereocenters. The Kier molecular flexibility index (Phi) is 3.88. The maximum atomic E-state index is 12.5. The number of hydrogen-bond donors (Lipinski definition) is 0. The van der Waals surface area contributed by atoms with Crippen molar-refractivity contribution in [3.63, 3.8) is 0 Å². The van der Waals surface area contributed by atoms with Gasteiger partial charge in [-0.25, -0.2) is 0 Å². The van der Waals surface area contributed by atoms with Gasteiger partial charge in [-0.1, -0.05) is 30.3 Å². The van der Waals surface area contributed by atoms with E-state index in [0.29, 0.717) is 5.57 Å².